The zero-order valence-corrected chi connectivity index (χ0v) is 12.6. The maximum absolute atomic E-state index is 12.2. The number of fused-ring (bicyclic) bond motifs is 1. The van der Waals surface area contributed by atoms with Gasteiger partial charge in [-0.2, -0.15) is 8.75 Å². The Labute approximate surface area is 127 Å². The Morgan fingerprint density at radius 2 is 1.76 bits per heavy atom. The minimum atomic E-state index is -0.137. The number of benzene rings is 2. The molecule has 3 rings (SSSR count). The van der Waals surface area contributed by atoms with Gasteiger partial charge in [0.05, 0.1) is 11.7 Å². The van der Waals surface area contributed by atoms with Crippen LogP contribution in [0.5, 0.6) is 0 Å². The summed E-state index contributed by atoms with van der Waals surface area (Å²) < 4.78 is 8.28. The van der Waals surface area contributed by atoms with Gasteiger partial charge in [0, 0.05) is 11.3 Å². The van der Waals surface area contributed by atoms with Crippen LogP contribution < -0.4 is 5.32 Å². The number of carbonyl (C=O) groups is 1. The van der Waals surface area contributed by atoms with Crippen LogP contribution in [0.25, 0.3) is 11.0 Å². The third-order valence-electron chi connectivity index (χ3n) is 3.35. The van der Waals surface area contributed by atoms with Gasteiger partial charge in [0.2, 0.25) is 0 Å². The molecule has 3 aromatic rings. The second kappa shape index (κ2) is 5.61. The van der Waals surface area contributed by atoms with Crippen molar-refractivity contribution >= 4 is 34.4 Å². The molecule has 0 aliphatic heterocycles. The van der Waals surface area contributed by atoms with Crippen LogP contribution in [-0.4, -0.2) is 14.7 Å². The van der Waals surface area contributed by atoms with Crippen molar-refractivity contribution in [2.45, 2.75) is 19.8 Å². The predicted molar refractivity (Wildman–Crippen MR) is 85.9 cm³/mol. The molecule has 0 fully saturated rings. The molecule has 1 aromatic heterocycles. The third kappa shape index (κ3) is 2.92. The van der Waals surface area contributed by atoms with E-state index in [0.717, 1.165) is 28.4 Å². The van der Waals surface area contributed by atoms with E-state index in [1.807, 2.05) is 30.3 Å². The standard InChI is InChI=1S/C16H15N3OS/c1-10(2)11-3-6-13(7-4-11)17-16(20)12-5-8-14-15(9-12)19-21-18-14/h3-10H,1-2H3,(H,17,20). The molecule has 5 heteroatoms. The molecule has 4 nitrogen and oxygen atoms in total. The van der Waals surface area contributed by atoms with Gasteiger partial charge in [0.25, 0.3) is 5.91 Å². The lowest BCUT2D eigenvalue weighted by Crippen LogP contribution is -2.11. The quantitative estimate of drug-likeness (QED) is 0.793. The molecule has 0 saturated heterocycles. The third-order valence-corrected chi connectivity index (χ3v) is 3.91. The molecular formula is C16H15N3OS. The normalized spacial score (nSPS) is 11.0. The topological polar surface area (TPSA) is 54.9 Å². The monoisotopic (exact) mass is 297 g/mol. The van der Waals surface area contributed by atoms with Gasteiger partial charge in [-0.3, -0.25) is 4.79 Å². The Hall–Kier alpha value is -2.27. The number of hydrogen-bond acceptors (Lipinski definition) is 4. The number of rotatable bonds is 3. The van der Waals surface area contributed by atoms with Crippen molar-refractivity contribution in [1.29, 1.82) is 0 Å². The summed E-state index contributed by atoms with van der Waals surface area (Å²) in [5, 5.41) is 2.90. The van der Waals surface area contributed by atoms with Crippen LogP contribution >= 0.6 is 11.7 Å². The molecular weight excluding hydrogens is 282 g/mol. The molecule has 0 radical (unpaired) electrons. The second-order valence-electron chi connectivity index (χ2n) is 5.20. The summed E-state index contributed by atoms with van der Waals surface area (Å²) >= 11 is 1.15. The molecule has 0 aliphatic rings. The zero-order valence-electron chi connectivity index (χ0n) is 11.8. The van der Waals surface area contributed by atoms with E-state index in [9.17, 15) is 4.79 Å². The van der Waals surface area contributed by atoms with Gasteiger partial charge in [0.15, 0.2) is 0 Å². The Balaban J connectivity index is 1.78. The molecule has 1 N–H and O–H groups in total. The average Bonchev–Trinajstić information content (AvgIpc) is 2.95. The molecule has 0 spiro atoms. The second-order valence-corrected chi connectivity index (χ2v) is 5.73. The van der Waals surface area contributed by atoms with E-state index in [1.165, 1.54) is 5.56 Å². The first kappa shape index (κ1) is 13.7. The molecule has 0 bridgehead atoms. The fraction of sp³-hybridized carbons (Fsp3) is 0.188. The number of anilines is 1. The molecule has 0 atom stereocenters. The predicted octanol–water partition coefficient (Wildman–Crippen LogP) is 4.07. The fourth-order valence-electron chi connectivity index (χ4n) is 2.08. The maximum atomic E-state index is 12.2. The summed E-state index contributed by atoms with van der Waals surface area (Å²) in [7, 11) is 0. The zero-order chi connectivity index (χ0) is 14.8. The van der Waals surface area contributed by atoms with Crippen molar-refractivity contribution in [2.24, 2.45) is 0 Å². The summed E-state index contributed by atoms with van der Waals surface area (Å²) in [5.74, 6) is 0.344. The van der Waals surface area contributed by atoms with Crippen LogP contribution in [0.2, 0.25) is 0 Å². The highest BCUT2D eigenvalue weighted by molar-refractivity contribution is 7.00. The average molecular weight is 297 g/mol. The van der Waals surface area contributed by atoms with E-state index in [1.54, 1.807) is 12.1 Å². The number of hydrogen-bond donors (Lipinski definition) is 1. The smallest absolute Gasteiger partial charge is 0.255 e. The van der Waals surface area contributed by atoms with E-state index in [4.69, 9.17) is 0 Å². The van der Waals surface area contributed by atoms with Crippen LogP contribution in [0.15, 0.2) is 42.5 Å². The first-order valence-corrected chi connectivity index (χ1v) is 7.50. The van der Waals surface area contributed by atoms with E-state index in [2.05, 4.69) is 27.9 Å². The van der Waals surface area contributed by atoms with Gasteiger partial charge in [-0.25, -0.2) is 0 Å². The number of amides is 1. The van der Waals surface area contributed by atoms with Gasteiger partial charge in [-0.1, -0.05) is 26.0 Å². The number of carbonyl (C=O) groups excluding carboxylic acids is 1. The molecule has 106 valence electrons. The molecule has 0 unspecified atom stereocenters. The summed E-state index contributed by atoms with van der Waals surface area (Å²) in [5.41, 5.74) is 4.20. The largest absolute Gasteiger partial charge is 0.322 e. The minimum Gasteiger partial charge on any atom is -0.322 e. The summed E-state index contributed by atoms with van der Waals surface area (Å²) in [4.78, 5) is 12.2. The van der Waals surface area contributed by atoms with Gasteiger partial charge in [0.1, 0.15) is 11.0 Å². The van der Waals surface area contributed by atoms with Gasteiger partial charge >= 0.3 is 0 Å². The number of nitrogens with zero attached hydrogens (tertiary/aromatic N) is 2. The molecule has 2 aromatic carbocycles. The number of nitrogens with one attached hydrogen (secondary N) is 1. The van der Waals surface area contributed by atoms with Gasteiger partial charge in [-0.15, -0.1) is 0 Å². The Morgan fingerprint density at radius 1 is 1.05 bits per heavy atom. The molecule has 21 heavy (non-hydrogen) atoms. The van der Waals surface area contributed by atoms with Crippen molar-refractivity contribution in [2.75, 3.05) is 5.32 Å². The highest BCUT2D eigenvalue weighted by atomic mass is 32.1. The first-order chi connectivity index (χ1) is 10.1. The van der Waals surface area contributed by atoms with Gasteiger partial charge in [-0.05, 0) is 41.8 Å². The van der Waals surface area contributed by atoms with Crippen LogP contribution in [0, 0.1) is 0 Å². The fourth-order valence-corrected chi connectivity index (χ4v) is 2.60. The minimum absolute atomic E-state index is 0.137. The van der Waals surface area contributed by atoms with E-state index >= 15 is 0 Å². The van der Waals surface area contributed by atoms with Crippen LogP contribution in [0.4, 0.5) is 5.69 Å². The molecule has 1 amide bonds. The van der Waals surface area contributed by atoms with Crippen molar-refractivity contribution in [3.8, 4) is 0 Å². The molecule has 0 aliphatic carbocycles. The van der Waals surface area contributed by atoms with Crippen LogP contribution in [-0.2, 0) is 0 Å². The van der Waals surface area contributed by atoms with Crippen molar-refractivity contribution in [3.05, 3.63) is 53.6 Å². The summed E-state index contributed by atoms with van der Waals surface area (Å²) in [6.07, 6.45) is 0. The lowest BCUT2D eigenvalue weighted by atomic mass is 10.0. The number of aromatic nitrogens is 2. The van der Waals surface area contributed by atoms with Crippen molar-refractivity contribution < 1.29 is 4.79 Å². The lowest BCUT2D eigenvalue weighted by Gasteiger charge is -2.08. The lowest BCUT2D eigenvalue weighted by molar-refractivity contribution is 0.102. The Bertz CT molecular complexity index is 778. The highest BCUT2D eigenvalue weighted by Gasteiger charge is 2.09. The van der Waals surface area contributed by atoms with E-state index in [0.29, 0.717) is 11.5 Å². The summed E-state index contributed by atoms with van der Waals surface area (Å²) in [6.45, 7) is 4.29. The Morgan fingerprint density at radius 3 is 2.48 bits per heavy atom. The van der Waals surface area contributed by atoms with Gasteiger partial charge < -0.3 is 5.32 Å². The summed E-state index contributed by atoms with van der Waals surface area (Å²) in [6, 6.07) is 13.3. The maximum Gasteiger partial charge on any atom is 0.255 e. The van der Waals surface area contributed by atoms with Crippen molar-refractivity contribution in [1.82, 2.24) is 8.75 Å². The Kier molecular flexibility index (Phi) is 3.66. The molecule has 0 saturated carbocycles. The van der Waals surface area contributed by atoms with Crippen LogP contribution in [0.1, 0.15) is 35.7 Å². The van der Waals surface area contributed by atoms with Crippen LogP contribution in [0.3, 0.4) is 0 Å². The van der Waals surface area contributed by atoms with E-state index < -0.39 is 0 Å². The highest BCUT2D eigenvalue weighted by Crippen LogP contribution is 2.19. The van der Waals surface area contributed by atoms with Crippen molar-refractivity contribution in [3.63, 3.8) is 0 Å². The first-order valence-electron chi connectivity index (χ1n) is 6.77. The van der Waals surface area contributed by atoms with E-state index in [-0.39, 0.29) is 5.91 Å². The SMILES string of the molecule is CC(C)c1ccc(NC(=O)c2ccc3nsnc3c2)cc1. The molecule has 1 heterocycles.